The van der Waals surface area contributed by atoms with Gasteiger partial charge in [-0.05, 0) is 24.2 Å². The van der Waals surface area contributed by atoms with E-state index in [9.17, 15) is 0 Å². The zero-order chi connectivity index (χ0) is 18.4. The molecule has 0 amide bonds. The maximum Gasteiger partial charge on any atom is 0 e. The van der Waals surface area contributed by atoms with Gasteiger partial charge in [0, 0.05) is 45.9 Å². The average Bonchev–Trinajstić information content (AvgIpc) is 2.50. The van der Waals surface area contributed by atoms with Gasteiger partial charge in [-0.3, -0.25) is 0 Å². The first-order chi connectivity index (χ1) is 10.1. The molecule has 25 heavy (non-hydrogen) atoms. The largest absolute Gasteiger partial charge is 0 e. The number of hydrogen-bond donors (Lipinski definition) is 0. The summed E-state index contributed by atoms with van der Waals surface area (Å²) in [7, 11) is 0. The molecule has 0 aromatic carbocycles. The van der Waals surface area contributed by atoms with E-state index in [1.807, 2.05) is 27.7 Å². The van der Waals surface area contributed by atoms with Crippen molar-refractivity contribution in [3.63, 3.8) is 0 Å². The molecule has 0 atom stereocenters. The van der Waals surface area contributed by atoms with Gasteiger partial charge in [0.2, 0.25) is 0 Å². The molecule has 0 aromatic rings. The zero-order valence-electron chi connectivity index (χ0n) is 17.5. The van der Waals surface area contributed by atoms with Gasteiger partial charge in [-0.25, -0.2) is 0 Å². The molecule has 1 aliphatic heterocycles. The minimum absolute atomic E-state index is 0. The zero-order valence-corrected chi connectivity index (χ0v) is 23.2. The van der Waals surface area contributed by atoms with Crippen LogP contribution in [0.25, 0.3) is 0 Å². The molecule has 1 aliphatic rings. The van der Waals surface area contributed by atoms with Crippen molar-refractivity contribution >= 4 is 3.90 Å². The predicted molar refractivity (Wildman–Crippen MR) is 112 cm³/mol. The van der Waals surface area contributed by atoms with E-state index in [1.165, 1.54) is 36.1 Å². The summed E-state index contributed by atoms with van der Waals surface area (Å²) in [6.45, 7) is 28.7. The molecule has 3 heteroatoms. The van der Waals surface area contributed by atoms with Crippen LogP contribution in [0.4, 0.5) is 0 Å². The molecule has 1 nitrogen and oxygen atoms in total. The van der Waals surface area contributed by atoms with Crippen molar-refractivity contribution in [2.75, 3.05) is 13.2 Å². The first-order valence-corrected chi connectivity index (χ1v) is 10.2. The SMILES string of the molecule is C.C.CC.CC.CC(C)(C)C1CCOCC1.[CH-]=C[C](=[W])C(C)(C)C.[Y]. The standard InChI is InChI=1S/C9H18O.C7H11.2C2H6.2CH4.W.Y/c1-9(2,3)8-4-6-10-7-5-8;1-5-6-7(2,3)4;2*1-2;;;;/h8H,4-7H2,1-3H3;1,5H,2-4H3;2*1-2H3;2*1H4;;/q;-1;;;;;;. The van der Waals surface area contributed by atoms with Gasteiger partial charge in [0.1, 0.15) is 0 Å². The maximum atomic E-state index is 5.32. The predicted octanol–water partition coefficient (Wildman–Crippen LogP) is 7.52. The molecule has 0 spiro atoms. The van der Waals surface area contributed by atoms with Crippen molar-refractivity contribution in [3.05, 3.63) is 12.7 Å². The Morgan fingerprint density at radius 3 is 1.36 bits per heavy atom. The minimum atomic E-state index is 0. The third-order valence-corrected chi connectivity index (χ3v) is 6.03. The number of hydrogen-bond acceptors (Lipinski definition) is 1. The molecule has 0 aromatic heterocycles. The Morgan fingerprint density at radius 2 is 1.24 bits per heavy atom. The van der Waals surface area contributed by atoms with E-state index >= 15 is 0 Å². The van der Waals surface area contributed by atoms with E-state index in [-0.39, 0.29) is 53.0 Å². The summed E-state index contributed by atoms with van der Waals surface area (Å²) in [5.74, 6) is 0.876. The third kappa shape index (κ3) is 25.4. The van der Waals surface area contributed by atoms with Gasteiger partial charge in [0.05, 0.1) is 0 Å². The molecule has 0 aliphatic carbocycles. The number of rotatable bonds is 1. The fourth-order valence-corrected chi connectivity index (χ4v) is 1.81. The first-order valence-electron chi connectivity index (χ1n) is 8.76. The third-order valence-electron chi connectivity index (χ3n) is 3.34. The Hall–Kier alpha value is 1.36. The molecule has 1 radical (unpaired) electrons. The van der Waals surface area contributed by atoms with Crippen LogP contribution in [-0.2, 0) is 56.8 Å². The van der Waals surface area contributed by atoms with Crippen molar-refractivity contribution < 1.29 is 56.8 Å². The molecule has 1 rings (SSSR count). The Bertz CT molecular complexity index is 269. The molecule has 1 heterocycles. The molecular formula is C22H49OWY-. The molecular weight excluding hydrogens is 553 g/mol. The van der Waals surface area contributed by atoms with Crippen LogP contribution in [0.15, 0.2) is 6.08 Å². The van der Waals surface area contributed by atoms with Crippen LogP contribution in [0.2, 0.25) is 0 Å². The Morgan fingerprint density at radius 1 is 0.920 bits per heavy atom. The normalized spacial score (nSPS) is 13.2. The van der Waals surface area contributed by atoms with Gasteiger partial charge >= 0.3 is 62.1 Å². The first kappa shape index (κ1) is 40.9. The summed E-state index contributed by atoms with van der Waals surface area (Å²) >= 11 is 1.47. The van der Waals surface area contributed by atoms with Crippen LogP contribution in [0.1, 0.15) is 96.9 Å². The van der Waals surface area contributed by atoms with E-state index < -0.39 is 0 Å². The van der Waals surface area contributed by atoms with E-state index in [1.54, 1.807) is 6.08 Å². The second-order valence-corrected chi connectivity index (χ2v) is 8.61. The molecule has 0 unspecified atom stereocenters. The van der Waals surface area contributed by atoms with Crippen molar-refractivity contribution in [3.8, 4) is 0 Å². The Labute approximate surface area is 198 Å². The number of ether oxygens (including phenoxy) is 1. The molecule has 0 N–H and O–H groups in total. The number of allylic oxidation sites excluding steroid dienone is 1. The van der Waals surface area contributed by atoms with Crippen LogP contribution >= 0.6 is 0 Å². The van der Waals surface area contributed by atoms with Crippen molar-refractivity contribution in [2.24, 2.45) is 16.7 Å². The average molecular weight is 602 g/mol. The summed E-state index contributed by atoms with van der Waals surface area (Å²) in [4.78, 5) is 0. The van der Waals surface area contributed by atoms with Crippen molar-refractivity contribution in [2.45, 2.75) is 96.9 Å². The second kappa shape index (κ2) is 23.4. The smallest absolute Gasteiger partial charge is 0 e. The van der Waals surface area contributed by atoms with E-state index in [0.29, 0.717) is 5.41 Å². The summed E-state index contributed by atoms with van der Waals surface area (Å²) in [5.41, 5.74) is 0.772. The Kier molecular flexibility index (Phi) is 38.3. The van der Waals surface area contributed by atoms with Crippen LogP contribution in [0, 0.1) is 23.3 Å². The van der Waals surface area contributed by atoms with Crippen LogP contribution in [0.3, 0.4) is 0 Å². The minimum Gasteiger partial charge on any atom is 0 e. The summed E-state index contributed by atoms with van der Waals surface area (Å²) < 4.78 is 6.61. The summed E-state index contributed by atoms with van der Waals surface area (Å²) in [6.07, 6.45) is 4.21. The van der Waals surface area contributed by atoms with Crippen molar-refractivity contribution in [1.82, 2.24) is 0 Å². The van der Waals surface area contributed by atoms with E-state index in [0.717, 1.165) is 19.1 Å². The Balaban J connectivity index is -0.0000000554. The second-order valence-electron chi connectivity index (χ2n) is 7.03. The molecule has 0 saturated carbocycles. The van der Waals surface area contributed by atoms with Crippen LogP contribution in [0.5, 0.6) is 0 Å². The summed E-state index contributed by atoms with van der Waals surface area (Å²) in [5, 5.41) is 0. The van der Waals surface area contributed by atoms with Gasteiger partial charge < -0.3 is 4.74 Å². The van der Waals surface area contributed by atoms with Crippen molar-refractivity contribution in [1.29, 1.82) is 0 Å². The van der Waals surface area contributed by atoms with Gasteiger partial charge in [-0.2, -0.15) is 0 Å². The van der Waals surface area contributed by atoms with Crippen LogP contribution < -0.4 is 0 Å². The van der Waals surface area contributed by atoms with E-state index in [4.69, 9.17) is 11.3 Å². The van der Waals surface area contributed by atoms with Gasteiger partial charge in [-0.15, -0.1) is 0 Å². The van der Waals surface area contributed by atoms with E-state index in [2.05, 4.69) is 41.5 Å². The fourth-order valence-electron chi connectivity index (χ4n) is 1.81. The van der Waals surface area contributed by atoms with Gasteiger partial charge in [-0.1, -0.05) is 63.3 Å². The molecule has 153 valence electrons. The van der Waals surface area contributed by atoms with Gasteiger partial charge in [0.25, 0.3) is 0 Å². The topological polar surface area (TPSA) is 9.23 Å². The molecule has 0 bridgehead atoms. The summed E-state index contributed by atoms with van der Waals surface area (Å²) in [6, 6.07) is 0. The quantitative estimate of drug-likeness (QED) is 0.282. The monoisotopic (exact) mass is 602 g/mol. The molecule has 1 fully saturated rings. The molecule has 1 saturated heterocycles. The van der Waals surface area contributed by atoms with Crippen LogP contribution in [-0.4, -0.2) is 17.1 Å². The van der Waals surface area contributed by atoms with Gasteiger partial charge in [0.15, 0.2) is 0 Å². The maximum absolute atomic E-state index is 5.32. The fraction of sp³-hybridized carbons (Fsp3) is 0.864.